The van der Waals surface area contributed by atoms with E-state index in [1.165, 1.54) is 12.1 Å². The SMILES string of the molecule is CCC(NC)c1ccc(-c2ccc(F)cc2I)o1. The predicted molar refractivity (Wildman–Crippen MR) is 78.9 cm³/mol. The lowest BCUT2D eigenvalue weighted by Gasteiger charge is -2.10. The molecular formula is C14H15FINO. The van der Waals surface area contributed by atoms with Crippen molar-refractivity contribution in [3.63, 3.8) is 0 Å². The molecule has 2 rings (SSSR count). The van der Waals surface area contributed by atoms with Gasteiger partial charge in [0.15, 0.2) is 0 Å². The molecule has 2 nitrogen and oxygen atoms in total. The van der Waals surface area contributed by atoms with Gasteiger partial charge < -0.3 is 9.73 Å². The summed E-state index contributed by atoms with van der Waals surface area (Å²) in [5, 5.41) is 3.20. The molecule has 0 amide bonds. The molecule has 0 aliphatic heterocycles. The van der Waals surface area contributed by atoms with Gasteiger partial charge in [-0.1, -0.05) is 6.92 Å². The van der Waals surface area contributed by atoms with Gasteiger partial charge in [-0.2, -0.15) is 0 Å². The number of halogens is 2. The molecular weight excluding hydrogens is 344 g/mol. The van der Waals surface area contributed by atoms with Gasteiger partial charge in [-0.05, 0) is 66.4 Å². The van der Waals surface area contributed by atoms with Crippen LogP contribution in [0.4, 0.5) is 4.39 Å². The summed E-state index contributed by atoms with van der Waals surface area (Å²) in [6.07, 6.45) is 0.962. The minimum atomic E-state index is -0.225. The van der Waals surface area contributed by atoms with Gasteiger partial charge in [0.25, 0.3) is 0 Å². The summed E-state index contributed by atoms with van der Waals surface area (Å²) < 4.78 is 19.8. The summed E-state index contributed by atoms with van der Waals surface area (Å²) in [7, 11) is 1.91. The van der Waals surface area contributed by atoms with Crippen LogP contribution >= 0.6 is 22.6 Å². The van der Waals surface area contributed by atoms with E-state index in [1.807, 2.05) is 19.2 Å². The smallest absolute Gasteiger partial charge is 0.135 e. The number of furan rings is 1. The van der Waals surface area contributed by atoms with Gasteiger partial charge in [0, 0.05) is 9.13 Å². The first-order chi connectivity index (χ1) is 8.65. The average Bonchev–Trinajstić information content (AvgIpc) is 2.80. The van der Waals surface area contributed by atoms with Crippen LogP contribution in [0.25, 0.3) is 11.3 Å². The fourth-order valence-corrected chi connectivity index (χ4v) is 2.66. The molecule has 0 saturated carbocycles. The van der Waals surface area contributed by atoms with E-state index in [0.29, 0.717) is 0 Å². The second-order valence-corrected chi connectivity index (χ2v) is 5.24. The van der Waals surface area contributed by atoms with Crippen molar-refractivity contribution in [3.05, 3.63) is 45.5 Å². The number of benzene rings is 1. The Bertz CT molecular complexity index is 534. The Morgan fingerprint density at radius 3 is 2.72 bits per heavy atom. The standard InChI is InChI=1S/C14H15FINO/c1-3-12(17-2)14-7-6-13(18-14)10-5-4-9(15)8-11(10)16/h4-8,12,17H,3H2,1-2H3. The molecule has 1 unspecified atom stereocenters. The number of nitrogens with one attached hydrogen (secondary N) is 1. The van der Waals surface area contributed by atoms with Gasteiger partial charge in [-0.15, -0.1) is 0 Å². The molecule has 1 N–H and O–H groups in total. The Morgan fingerprint density at radius 1 is 1.33 bits per heavy atom. The lowest BCUT2D eigenvalue weighted by molar-refractivity contribution is 0.431. The predicted octanol–water partition coefficient (Wildman–Crippen LogP) is 4.36. The summed E-state index contributed by atoms with van der Waals surface area (Å²) in [5.74, 6) is 1.47. The van der Waals surface area contributed by atoms with Crippen LogP contribution in [0, 0.1) is 9.39 Å². The van der Waals surface area contributed by atoms with Gasteiger partial charge in [-0.3, -0.25) is 0 Å². The molecule has 2 aromatic rings. The van der Waals surface area contributed by atoms with Crippen LogP contribution in [0.3, 0.4) is 0 Å². The largest absolute Gasteiger partial charge is 0.459 e. The third-order valence-electron chi connectivity index (χ3n) is 2.92. The van der Waals surface area contributed by atoms with Crippen LogP contribution in [0.2, 0.25) is 0 Å². The van der Waals surface area contributed by atoms with Crippen molar-refractivity contribution >= 4 is 22.6 Å². The topological polar surface area (TPSA) is 25.2 Å². The average molecular weight is 359 g/mol. The summed E-state index contributed by atoms with van der Waals surface area (Å²) in [5.41, 5.74) is 0.925. The van der Waals surface area contributed by atoms with Gasteiger partial charge in [0.2, 0.25) is 0 Å². The van der Waals surface area contributed by atoms with Crippen molar-refractivity contribution < 1.29 is 8.81 Å². The van der Waals surface area contributed by atoms with E-state index in [1.54, 1.807) is 6.07 Å². The van der Waals surface area contributed by atoms with Gasteiger partial charge in [-0.25, -0.2) is 4.39 Å². The zero-order chi connectivity index (χ0) is 13.1. The fraction of sp³-hybridized carbons (Fsp3) is 0.286. The first kappa shape index (κ1) is 13.5. The van der Waals surface area contributed by atoms with E-state index in [4.69, 9.17) is 4.42 Å². The third kappa shape index (κ3) is 2.75. The third-order valence-corrected chi connectivity index (χ3v) is 3.82. The van der Waals surface area contributed by atoms with Crippen molar-refractivity contribution in [3.8, 4) is 11.3 Å². The van der Waals surface area contributed by atoms with E-state index in [-0.39, 0.29) is 11.9 Å². The van der Waals surface area contributed by atoms with Gasteiger partial charge in [0.05, 0.1) is 6.04 Å². The molecule has 96 valence electrons. The van der Waals surface area contributed by atoms with E-state index >= 15 is 0 Å². The quantitative estimate of drug-likeness (QED) is 0.821. The molecule has 1 aromatic heterocycles. The maximum Gasteiger partial charge on any atom is 0.135 e. The number of hydrogen-bond donors (Lipinski definition) is 1. The maximum atomic E-state index is 13.1. The van der Waals surface area contributed by atoms with Gasteiger partial charge >= 0.3 is 0 Å². The molecule has 0 aliphatic rings. The molecule has 0 spiro atoms. The summed E-state index contributed by atoms with van der Waals surface area (Å²) in [6.45, 7) is 2.10. The highest BCUT2D eigenvalue weighted by Gasteiger charge is 2.14. The highest BCUT2D eigenvalue weighted by Crippen LogP contribution is 2.30. The Labute approximate surface area is 120 Å². The van der Waals surface area contributed by atoms with E-state index in [0.717, 1.165) is 27.1 Å². The Kier molecular flexibility index (Phi) is 4.40. The highest BCUT2D eigenvalue weighted by atomic mass is 127. The van der Waals surface area contributed by atoms with Crippen molar-refractivity contribution in [2.45, 2.75) is 19.4 Å². The first-order valence-electron chi connectivity index (χ1n) is 5.88. The van der Waals surface area contributed by atoms with E-state index < -0.39 is 0 Å². The van der Waals surface area contributed by atoms with Crippen LogP contribution in [0.15, 0.2) is 34.7 Å². The molecule has 0 fully saturated rings. The Hall–Kier alpha value is -0.880. The number of rotatable bonds is 4. The van der Waals surface area contributed by atoms with E-state index in [9.17, 15) is 4.39 Å². The maximum absolute atomic E-state index is 13.1. The summed E-state index contributed by atoms with van der Waals surface area (Å²) >= 11 is 2.12. The van der Waals surface area contributed by atoms with Crippen molar-refractivity contribution in [2.75, 3.05) is 7.05 Å². The van der Waals surface area contributed by atoms with Crippen molar-refractivity contribution in [2.24, 2.45) is 0 Å². The lowest BCUT2D eigenvalue weighted by atomic mass is 10.1. The molecule has 1 aromatic carbocycles. The lowest BCUT2D eigenvalue weighted by Crippen LogP contribution is -2.14. The molecule has 0 aliphatic carbocycles. The molecule has 1 heterocycles. The second-order valence-electron chi connectivity index (χ2n) is 4.08. The molecule has 0 saturated heterocycles. The summed E-state index contributed by atoms with van der Waals surface area (Å²) in [4.78, 5) is 0. The molecule has 0 bridgehead atoms. The van der Waals surface area contributed by atoms with Crippen LogP contribution in [-0.2, 0) is 0 Å². The number of hydrogen-bond acceptors (Lipinski definition) is 2. The van der Waals surface area contributed by atoms with Crippen molar-refractivity contribution in [1.29, 1.82) is 0 Å². The van der Waals surface area contributed by atoms with Crippen LogP contribution < -0.4 is 5.32 Å². The Morgan fingerprint density at radius 2 is 2.11 bits per heavy atom. The van der Waals surface area contributed by atoms with Crippen LogP contribution in [-0.4, -0.2) is 7.05 Å². The molecule has 18 heavy (non-hydrogen) atoms. The van der Waals surface area contributed by atoms with Gasteiger partial charge in [0.1, 0.15) is 17.3 Å². The Balaban J connectivity index is 2.34. The van der Waals surface area contributed by atoms with Crippen LogP contribution in [0.1, 0.15) is 25.1 Å². The zero-order valence-corrected chi connectivity index (χ0v) is 12.5. The summed E-state index contributed by atoms with van der Waals surface area (Å²) in [6, 6.07) is 8.84. The van der Waals surface area contributed by atoms with E-state index in [2.05, 4.69) is 34.8 Å². The first-order valence-corrected chi connectivity index (χ1v) is 6.96. The minimum Gasteiger partial charge on any atom is -0.459 e. The van der Waals surface area contributed by atoms with Crippen molar-refractivity contribution in [1.82, 2.24) is 5.32 Å². The highest BCUT2D eigenvalue weighted by molar-refractivity contribution is 14.1. The second kappa shape index (κ2) is 5.84. The molecule has 1 atom stereocenters. The minimum absolute atomic E-state index is 0.219. The monoisotopic (exact) mass is 359 g/mol. The normalized spacial score (nSPS) is 12.7. The molecule has 4 heteroatoms. The molecule has 0 radical (unpaired) electrons. The zero-order valence-electron chi connectivity index (χ0n) is 10.3. The fourth-order valence-electron chi connectivity index (χ4n) is 1.92. The van der Waals surface area contributed by atoms with Crippen LogP contribution in [0.5, 0.6) is 0 Å².